The van der Waals surface area contributed by atoms with Crippen molar-refractivity contribution in [2.45, 2.75) is 44.1 Å². The molecule has 1 N–H and O–H groups in total. The number of nitrogens with zero attached hydrogens (tertiary/aromatic N) is 4. The van der Waals surface area contributed by atoms with Gasteiger partial charge in [-0.15, -0.1) is 12.3 Å². The van der Waals surface area contributed by atoms with Gasteiger partial charge in [0.25, 0.3) is 0 Å². The van der Waals surface area contributed by atoms with Crippen LogP contribution in [0, 0.1) is 12.3 Å². The summed E-state index contributed by atoms with van der Waals surface area (Å²) < 4.78 is 37.1. The Morgan fingerprint density at radius 1 is 1.26 bits per heavy atom. The summed E-state index contributed by atoms with van der Waals surface area (Å²) in [5, 5.41) is 10.4. The van der Waals surface area contributed by atoms with Crippen molar-refractivity contribution in [2.24, 2.45) is 10.2 Å². The predicted molar refractivity (Wildman–Crippen MR) is 73.8 cm³/mol. The number of alkyl halides is 3. The average molecular weight is 325 g/mol. The van der Waals surface area contributed by atoms with E-state index in [9.17, 15) is 18.0 Å². The maximum Gasteiger partial charge on any atom is 0.419 e. The van der Waals surface area contributed by atoms with Gasteiger partial charge in [0.05, 0.1) is 12.1 Å². The summed E-state index contributed by atoms with van der Waals surface area (Å²) in [6, 6.07) is 0. The number of aromatic nitrogens is 2. The Morgan fingerprint density at radius 2 is 1.91 bits per heavy atom. The minimum atomic E-state index is -4.48. The van der Waals surface area contributed by atoms with Crippen LogP contribution in [0.1, 0.15) is 37.1 Å². The lowest BCUT2D eigenvalue weighted by Gasteiger charge is -2.09. The number of carbonyl (C=O) groups excluding carboxylic acids is 1. The van der Waals surface area contributed by atoms with Gasteiger partial charge in [0.1, 0.15) is 5.82 Å². The van der Waals surface area contributed by atoms with E-state index in [1.165, 1.54) is 0 Å². The highest BCUT2D eigenvalue weighted by molar-refractivity contribution is 5.75. The number of carbonyl (C=O) groups is 1. The highest BCUT2D eigenvalue weighted by Crippen LogP contribution is 2.37. The Kier molecular flexibility index (Phi) is 4.93. The molecular formula is C14H14F3N5O. The smallest absolute Gasteiger partial charge is 0.349 e. The summed E-state index contributed by atoms with van der Waals surface area (Å²) in [4.78, 5) is 18.9. The molecule has 0 saturated heterocycles. The minimum Gasteiger partial charge on any atom is -0.349 e. The molecule has 6 nitrogen and oxygen atoms in total. The molecule has 122 valence electrons. The Labute approximate surface area is 130 Å². The molecule has 0 fully saturated rings. The third-order valence-electron chi connectivity index (χ3n) is 3.28. The lowest BCUT2D eigenvalue weighted by Crippen LogP contribution is -2.25. The van der Waals surface area contributed by atoms with Crippen molar-refractivity contribution in [3.05, 3.63) is 23.8 Å². The molecule has 1 aliphatic heterocycles. The molecule has 0 aliphatic carbocycles. The molecule has 0 radical (unpaired) electrons. The number of rotatable bonds is 7. The van der Waals surface area contributed by atoms with E-state index in [-0.39, 0.29) is 24.7 Å². The van der Waals surface area contributed by atoms with Gasteiger partial charge in [-0.1, -0.05) is 0 Å². The third-order valence-corrected chi connectivity index (χ3v) is 3.28. The molecule has 2 heterocycles. The van der Waals surface area contributed by atoms with Crippen LogP contribution >= 0.6 is 0 Å². The van der Waals surface area contributed by atoms with Gasteiger partial charge >= 0.3 is 6.18 Å². The zero-order valence-electron chi connectivity index (χ0n) is 12.1. The number of hydrogen-bond acceptors (Lipinski definition) is 5. The predicted octanol–water partition coefficient (Wildman–Crippen LogP) is 2.47. The molecule has 1 aliphatic rings. The number of hydrogen-bond donors (Lipinski definition) is 1. The van der Waals surface area contributed by atoms with Crippen molar-refractivity contribution in [3.8, 4) is 12.3 Å². The summed E-state index contributed by atoms with van der Waals surface area (Å²) in [5.74, 6) is 2.33. The van der Waals surface area contributed by atoms with Crippen molar-refractivity contribution in [3.63, 3.8) is 0 Å². The van der Waals surface area contributed by atoms with E-state index >= 15 is 0 Å². The summed E-state index contributed by atoms with van der Waals surface area (Å²) in [6.07, 6.45) is 3.85. The quantitative estimate of drug-likeness (QED) is 0.782. The van der Waals surface area contributed by atoms with Crippen LogP contribution in [0.4, 0.5) is 13.2 Å². The minimum absolute atomic E-state index is 0.0391. The average Bonchev–Trinajstić information content (AvgIpc) is 3.29. The second kappa shape index (κ2) is 6.73. The van der Waals surface area contributed by atoms with Gasteiger partial charge in [-0.3, -0.25) is 4.79 Å². The van der Waals surface area contributed by atoms with Crippen LogP contribution < -0.4 is 5.32 Å². The molecule has 9 heteroatoms. The molecule has 0 aromatic carbocycles. The van der Waals surface area contributed by atoms with Gasteiger partial charge in [0.15, 0.2) is 5.66 Å². The van der Waals surface area contributed by atoms with Crippen molar-refractivity contribution < 1.29 is 18.0 Å². The molecular weight excluding hydrogens is 311 g/mol. The normalized spacial score (nSPS) is 15.0. The SMILES string of the molecule is C#CCCC1(CCC(=O)NCc2ncc(C(F)(F)F)cn2)N=N1. The monoisotopic (exact) mass is 325 g/mol. The first-order valence-corrected chi connectivity index (χ1v) is 6.87. The fourth-order valence-corrected chi connectivity index (χ4v) is 1.84. The van der Waals surface area contributed by atoms with E-state index in [2.05, 4.69) is 31.4 Å². The van der Waals surface area contributed by atoms with Crippen molar-refractivity contribution in [1.29, 1.82) is 0 Å². The third kappa shape index (κ3) is 5.02. The second-order valence-electron chi connectivity index (χ2n) is 5.05. The fraction of sp³-hybridized carbons (Fsp3) is 0.500. The van der Waals surface area contributed by atoms with E-state index in [1.807, 2.05) is 0 Å². The summed E-state index contributed by atoms with van der Waals surface area (Å²) in [5.41, 5.74) is -1.46. The Bertz CT molecular complexity index is 627. The van der Waals surface area contributed by atoms with Crippen LogP contribution in [0.25, 0.3) is 0 Å². The van der Waals surface area contributed by atoms with E-state index in [0.29, 0.717) is 31.7 Å². The van der Waals surface area contributed by atoms with Gasteiger partial charge in [-0.25, -0.2) is 9.97 Å². The first kappa shape index (κ1) is 16.9. The second-order valence-corrected chi connectivity index (χ2v) is 5.05. The Hall–Kier alpha value is -2.50. The topological polar surface area (TPSA) is 79.6 Å². The summed E-state index contributed by atoms with van der Waals surface area (Å²) in [7, 11) is 0. The van der Waals surface area contributed by atoms with E-state index in [0.717, 1.165) is 0 Å². The first-order chi connectivity index (χ1) is 10.8. The van der Waals surface area contributed by atoms with Gasteiger partial charge < -0.3 is 5.32 Å². The molecule has 0 bridgehead atoms. The molecule has 1 amide bonds. The number of amides is 1. The van der Waals surface area contributed by atoms with Gasteiger partial charge in [0, 0.05) is 38.1 Å². The molecule has 0 atom stereocenters. The van der Waals surface area contributed by atoms with Crippen LogP contribution in [-0.2, 0) is 17.5 Å². The zero-order valence-corrected chi connectivity index (χ0v) is 12.1. The van der Waals surface area contributed by atoms with E-state index in [4.69, 9.17) is 6.42 Å². The van der Waals surface area contributed by atoms with Crippen molar-refractivity contribution in [1.82, 2.24) is 15.3 Å². The van der Waals surface area contributed by atoms with E-state index < -0.39 is 17.4 Å². The zero-order chi connectivity index (χ0) is 16.9. The fourth-order valence-electron chi connectivity index (χ4n) is 1.84. The highest BCUT2D eigenvalue weighted by atomic mass is 19.4. The maximum atomic E-state index is 12.4. The lowest BCUT2D eigenvalue weighted by molar-refractivity contribution is -0.138. The number of halogens is 3. The van der Waals surface area contributed by atoms with Crippen LogP contribution in [-0.4, -0.2) is 21.5 Å². The summed E-state index contributed by atoms with van der Waals surface area (Å²) in [6.45, 7) is -0.0391. The molecule has 0 saturated carbocycles. The molecule has 2 rings (SSSR count). The largest absolute Gasteiger partial charge is 0.419 e. The Morgan fingerprint density at radius 3 is 2.43 bits per heavy atom. The van der Waals surface area contributed by atoms with Crippen LogP contribution in [0.5, 0.6) is 0 Å². The molecule has 23 heavy (non-hydrogen) atoms. The molecule has 1 aromatic rings. The Balaban J connectivity index is 1.73. The van der Waals surface area contributed by atoms with Crippen molar-refractivity contribution >= 4 is 5.91 Å². The van der Waals surface area contributed by atoms with Gasteiger partial charge in [0.2, 0.25) is 5.91 Å². The van der Waals surface area contributed by atoms with Crippen LogP contribution in [0.2, 0.25) is 0 Å². The lowest BCUT2D eigenvalue weighted by atomic mass is 10.0. The highest BCUT2D eigenvalue weighted by Gasteiger charge is 2.39. The number of nitrogens with one attached hydrogen (secondary N) is 1. The standard InChI is InChI=1S/C14H14F3N5O/c1-2-3-5-13(21-22-13)6-4-12(23)20-9-11-18-7-10(8-19-11)14(15,16)17/h1,7-8H,3-6,9H2,(H,20,23). The maximum absolute atomic E-state index is 12.4. The first-order valence-electron chi connectivity index (χ1n) is 6.87. The van der Waals surface area contributed by atoms with Gasteiger partial charge in [-0.2, -0.15) is 23.4 Å². The van der Waals surface area contributed by atoms with Crippen LogP contribution in [0.15, 0.2) is 22.6 Å². The van der Waals surface area contributed by atoms with Crippen LogP contribution in [0.3, 0.4) is 0 Å². The van der Waals surface area contributed by atoms with Crippen molar-refractivity contribution in [2.75, 3.05) is 0 Å². The van der Waals surface area contributed by atoms with Gasteiger partial charge in [-0.05, 0) is 0 Å². The number of terminal acetylenes is 1. The summed E-state index contributed by atoms with van der Waals surface area (Å²) >= 11 is 0. The molecule has 1 aromatic heterocycles. The van der Waals surface area contributed by atoms with E-state index in [1.54, 1.807) is 0 Å². The molecule has 0 spiro atoms. The molecule has 0 unspecified atom stereocenters.